The molecule has 0 aliphatic carbocycles. The van der Waals surface area contributed by atoms with E-state index in [4.69, 9.17) is 16.1 Å². The quantitative estimate of drug-likeness (QED) is 0.0665. The number of carboxylic acid groups (broad SMARTS) is 1. The average Bonchev–Trinajstić information content (AvgIpc) is 3.95. The number of nitrogens with zero attached hydrogens (tertiary/aromatic N) is 5. The van der Waals surface area contributed by atoms with Crippen molar-refractivity contribution >= 4 is 69.1 Å². The molecule has 1 aromatic heterocycles. The van der Waals surface area contributed by atoms with E-state index in [2.05, 4.69) is 14.7 Å². The molecule has 9 rings (SSSR count). The molecule has 392 valence electrons. The maximum atomic E-state index is 15.0. The SMILES string of the molecule is CCn1c(C)c(C(=O)O)c(-c2cccc(N3CCN(c4ccc(N5CCO[P@]5(=O)c5ccc(C[C@H](CCN6CCC(O)CC6)CSc6ccccc6)c(S(=O)(=O)C(F)(F)F)c5)cc4)CC3)c2)c1-c1ccc(Cl)cc1. The van der Waals surface area contributed by atoms with E-state index in [0.29, 0.717) is 99.3 Å². The zero-order valence-corrected chi connectivity index (χ0v) is 44.5. The van der Waals surface area contributed by atoms with Crippen LogP contribution in [0.5, 0.6) is 0 Å². The minimum absolute atomic E-state index is 0.00526. The van der Waals surface area contributed by atoms with Crippen LogP contribution in [0, 0.1) is 12.8 Å². The summed E-state index contributed by atoms with van der Waals surface area (Å²) in [5, 5.41) is 21.0. The molecule has 0 spiro atoms. The molecule has 5 aromatic carbocycles. The topological polar surface area (TPSA) is 136 Å². The van der Waals surface area contributed by atoms with Gasteiger partial charge in [-0.2, -0.15) is 13.2 Å². The number of aliphatic hydroxyl groups is 1. The molecular weight excluding hydrogens is 1030 g/mol. The summed E-state index contributed by atoms with van der Waals surface area (Å²) in [6, 6.07) is 36.2. The number of hydrogen-bond acceptors (Lipinski definition) is 10. The molecule has 3 aliphatic heterocycles. The molecule has 4 heterocycles. The van der Waals surface area contributed by atoms with E-state index in [1.54, 1.807) is 36.0 Å². The lowest BCUT2D eigenvalue weighted by Gasteiger charge is -2.37. The number of aromatic nitrogens is 1. The number of piperazine rings is 1. The first-order valence-corrected chi connectivity index (χ1v) is 29.4. The van der Waals surface area contributed by atoms with Crippen molar-refractivity contribution in [3.63, 3.8) is 0 Å². The highest BCUT2D eigenvalue weighted by Gasteiger charge is 2.49. The molecule has 0 unspecified atom stereocenters. The second-order valence-electron chi connectivity index (χ2n) is 19.1. The van der Waals surface area contributed by atoms with Gasteiger partial charge in [-0.3, -0.25) is 9.24 Å². The van der Waals surface area contributed by atoms with Gasteiger partial charge in [0.25, 0.3) is 9.84 Å². The number of halogens is 4. The summed E-state index contributed by atoms with van der Waals surface area (Å²) in [4.78, 5) is 19.6. The van der Waals surface area contributed by atoms with Crippen molar-refractivity contribution in [2.45, 2.75) is 67.5 Å². The summed E-state index contributed by atoms with van der Waals surface area (Å²) in [6.07, 6.45) is 1.57. The summed E-state index contributed by atoms with van der Waals surface area (Å²) in [7, 11) is -9.96. The first kappa shape index (κ1) is 53.6. The van der Waals surface area contributed by atoms with Crippen LogP contribution in [0.25, 0.3) is 22.4 Å². The second kappa shape index (κ2) is 22.5. The number of hydrogen-bond donors (Lipinski definition) is 2. The number of anilines is 3. The molecule has 0 saturated carbocycles. The Morgan fingerprint density at radius 1 is 0.824 bits per heavy atom. The number of benzene rings is 5. The van der Waals surface area contributed by atoms with Crippen molar-refractivity contribution < 1.29 is 45.7 Å². The maximum Gasteiger partial charge on any atom is 0.501 e. The molecule has 2 N–H and O–H groups in total. The van der Waals surface area contributed by atoms with Crippen LogP contribution in [-0.4, -0.2) is 110 Å². The van der Waals surface area contributed by atoms with Crippen LogP contribution in [0.2, 0.25) is 5.02 Å². The largest absolute Gasteiger partial charge is 0.501 e. The van der Waals surface area contributed by atoms with Gasteiger partial charge in [0.05, 0.1) is 40.7 Å². The molecule has 0 radical (unpaired) electrons. The minimum Gasteiger partial charge on any atom is -0.478 e. The number of aliphatic hydroxyl groups excluding tert-OH is 1. The molecular formula is C55H60ClF3N5O7PS2. The van der Waals surface area contributed by atoms with Crippen LogP contribution in [0.3, 0.4) is 0 Å². The summed E-state index contributed by atoms with van der Waals surface area (Å²) < 4.78 is 94.9. The maximum absolute atomic E-state index is 15.0. The van der Waals surface area contributed by atoms with Gasteiger partial charge in [0.1, 0.15) is 0 Å². The Hall–Kier alpha value is -5.26. The van der Waals surface area contributed by atoms with Crippen LogP contribution in [0.1, 0.15) is 47.8 Å². The van der Waals surface area contributed by atoms with Crippen molar-refractivity contribution in [3.05, 3.63) is 143 Å². The van der Waals surface area contributed by atoms with Gasteiger partial charge in [-0.25, -0.2) is 13.2 Å². The molecule has 0 amide bonds. The minimum atomic E-state index is -5.87. The van der Waals surface area contributed by atoms with Gasteiger partial charge in [0, 0.05) is 89.8 Å². The van der Waals surface area contributed by atoms with Crippen molar-refractivity contribution in [1.29, 1.82) is 0 Å². The molecule has 2 atom stereocenters. The van der Waals surface area contributed by atoms with Crippen LogP contribution in [-0.2, 0) is 31.9 Å². The van der Waals surface area contributed by atoms with E-state index in [1.165, 1.54) is 16.8 Å². The Balaban J connectivity index is 0.919. The molecule has 6 aromatic rings. The van der Waals surface area contributed by atoms with Crippen molar-refractivity contribution in [3.8, 4) is 22.4 Å². The van der Waals surface area contributed by atoms with Gasteiger partial charge in [-0.1, -0.05) is 60.1 Å². The highest BCUT2D eigenvalue weighted by Crippen LogP contribution is 2.56. The third kappa shape index (κ3) is 11.3. The smallest absolute Gasteiger partial charge is 0.478 e. The molecule has 3 saturated heterocycles. The zero-order valence-electron chi connectivity index (χ0n) is 41.3. The molecule has 0 bridgehead atoms. The zero-order chi connectivity index (χ0) is 52.4. The number of carbonyl (C=O) groups is 1. The van der Waals surface area contributed by atoms with E-state index in [-0.39, 0.29) is 48.0 Å². The average molecular weight is 1090 g/mol. The number of likely N-dealkylation sites (tertiary alicyclic amines) is 1. The van der Waals surface area contributed by atoms with Crippen LogP contribution < -0.4 is 19.8 Å². The summed E-state index contributed by atoms with van der Waals surface area (Å²) >= 11 is 7.81. The van der Waals surface area contributed by atoms with Gasteiger partial charge >= 0.3 is 19.0 Å². The van der Waals surface area contributed by atoms with Crippen molar-refractivity contribution in [2.75, 3.05) is 79.2 Å². The summed E-state index contributed by atoms with van der Waals surface area (Å²) in [5.74, 6) is -0.678. The Kier molecular flexibility index (Phi) is 16.3. The van der Waals surface area contributed by atoms with Crippen LogP contribution in [0.15, 0.2) is 131 Å². The third-order valence-corrected chi connectivity index (χ3v) is 20.1. The molecule has 3 fully saturated rings. The third-order valence-electron chi connectivity index (χ3n) is 14.5. The highest BCUT2D eigenvalue weighted by molar-refractivity contribution is 7.99. The predicted molar refractivity (Wildman–Crippen MR) is 289 cm³/mol. The molecule has 3 aliphatic rings. The van der Waals surface area contributed by atoms with E-state index in [1.807, 2.05) is 97.3 Å². The van der Waals surface area contributed by atoms with Crippen LogP contribution >= 0.6 is 30.9 Å². The van der Waals surface area contributed by atoms with Gasteiger partial charge in [-0.05, 0) is 141 Å². The second-order valence-corrected chi connectivity index (χ2v) is 24.8. The summed E-state index contributed by atoms with van der Waals surface area (Å²) in [5.41, 5.74) is 0.832. The molecule has 74 heavy (non-hydrogen) atoms. The lowest BCUT2D eigenvalue weighted by Crippen LogP contribution is -2.46. The van der Waals surface area contributed by atoms with Gasteiger partial charge in [0.2, 0.25) is 0 Å². The van der Waals surface area contributed by atoms with Crippen LogP contribution in [0.4, 0.5) is 30.2 Å². The number of piperidine rings is 1. The normalized spacial score (nSPS) is 18.6. The Bertz CT molecular complexity index is 3110. The predicted octanol–water partition coefficient (Wildman–Crippen LogP) is 11.3. The standard InChI is InChI=1S/C55H60ClF3N5O7PS2/c1-3-63-38(2)51(54(66)67)52(53(63)40-12-15-43(56)16-13-40)42-8-7-9-46(35-42)62-30-28-61(29-31-62)44-17-19-45(20-18-44)64-32-33-71-72(64,68)48-21-14-41(50(36-48)74(69,70)55(57,58)59)34-39(37-73-49-10-5-4-6-11-49)22-25-60-26-23-47(65)24-27-60/h4-21,35-36,39,47,65H,3,22-34,37H2,1-2H3,(H,66,67)/t39-,72+/m0/s1. The van der Waals surface area contributed by atoms with E-state index in [0.717, 1.165) is 39.2 Å². The Morgan fingerprint density at radius 3 is 2.14 bits per heavy atom. The molecule has 12 nitrogen and oxygen atoms in total. The number of thioether (sulfide) groups is 1. The fourth-order valence-electron chi connectivity index (χ4n) is 10.5. The van der Waals surface area contributed by atoms with Crippen molar-refractivity contribution in [1.82, 2.24) is 9.47 Å². The fourth-order valence-corrected chi connectivity index (χ4v) is 15.0. The van der Waals surface area contributed by atoms with E-state index in [9.17, 15) is 41.2 Å². The Morgan fingerprint density at radius 2 is 1.49 bits per heavy atom. The number of aromatic carboxylic acids is 1. The number of alkyl halides is 3. The fraction of sp³-hybridized carbons (Fsp3) is 0.364. The van der Waals surface area contributed by atoms with Gasteiger partial charge in [-0.15, -0.1) is 11.8 Å². The number of rotatable bonds is 17. The highest BCUT2D eigenvalue weighted by atomic mass is 35.5. The lowest BCUT2D eigenvalue weighted by atomic mass is 9.96. The molecule has 19 heteroatoms. The monoisotopic (exact) mass is 1090 g/mol. The van der Waals surface area contributed by atoms with E-state index >= 15 is 0 Å². The first-order valence-electron chi connectivity index (χ1n) is 24.9. The van der Waals surface area contributed by atoms with Crippen molar-refractivity contribution in [2.24, 2.45) is 5.92 Å². The lowest BCUT2D eigenvalue weighted by molar-refractivity contribution is -0.0436. The first-order chi connectivity index (χ1) is 35.4. The number of carboxylic acids is 1. The Labute approximate surface area is 440 Å². The van der Waals surface area contributed by atoms with Gasteiger partial charge in [0.15, 0.2) is 0 Å². The van der Waals surface area contributed by atoms with E-state index < -0.39 is 33.7 Å². The summed E-state index contributed by atoms with van der Waals surface area (Å²) in [6.45, 7) is 9.30. The number of sulfone groups is 1. The van der Waals surface area contributed by atoms with Gasteiger partial charge < -0.3 is 34.0 Å².